The number of halogens is 1. The number of rotatable bonds is 3. The standard InChI is InChI=1S/C16H19ClN4O/c1-11-8-12(20-19-11)9-16(22)21-7-6-18-10-15(21)13-4-2-3-5-14(13)17/h2-5,8,15,18H,6-7,9-10H2,1H3,(H,19,20). The lowest BCUT2D eigenvalue weighted by atomic mass is 10.0. The Morgan fingerprint density at radius 3 is 3.00 bits per heavy atom. The fourth-order valence-electron chi connectivity index (χ4n) is 2.85. The van der Waals surface area contributed by atoms with Gasteiger partial charge >= 0.3 is 0 Å². The lowest BCUT2D eigenvalue weighted by Crippen LogP contribution is -2.49. The van der Waals surface area contributed by atoms with Crippen LogP contribution in [0.25, 0.3) is 0 Å². The van der Waals surface area contributed by atoms with E-state index in [0.29, 0.717) is 18.0 Å². The van der Waals surface area contributed by atoms with Gasteiger partial charge in [0, 0.05) is 30.4 Å². The molecule has 0 radical (unpaired) electrons. The monoisotopic (exact) mass is 318 g/mol. The van der Waals surface area contributed by atoms with E-state index in [-0.39, 0.29) is 11.9 Å². The molecule has 0 aliphatic carbocycles. The molecule has 5 nitrogen and oxygen atoms in total. The number of aromatic nitrogens is 2. The summed E-state index contributed by atoms with van der Waals surface area (Å²) in [7, 11) is 0. The van der Waals surface area contributed by atoms with Crippen molar-refractivity contribution in [1.29, 1.82) is 0 Å². The summed E-state index contributed by atoms with van der Waals surface area (Å²) in [4.78, 5) is 14.6. The van der Waals surface area contributed by atoms with E-state index in [1.807, 2.05) is 42.2 Å². The number of nitrogens with zero attached hydrogens (tertiary/aromatic N) is 2. The molecule has 2 aromatic rings. The summed E-state index contributed by atoms with van der Waals surface area (Å²) in [6.45, 7) is 4.12. The molecule has 0 saturated carbocycles. The zero-order chi connectivity index (χ0) is 15.5. The lowest BCUT2D eigenvalue weighted by Gasteiger charge is -2.37. The second-order valence-electron chi connectivity index (χ2n) is 5.55. The molecule has 1 aromatic carbocycles. The molecule has 1 fully saturated rings. The van der Waals surface area contributed by atoms with Gasteiger partial charge in [0.15, 0.2) is 0 Å². The van der Waals surface area contributed by atoms with Gasteiger partial charge in [-0.05, 0) is 24.6 Å². The van der Waals surface area contributed by atoms with Crippen molar-refractivity contribution in [1.82, 2.24) is 20.4 Å². The van der Waals surface area contributed by atoms with Gasteiger partial charge in [-0.15, -0.1) is 0 Å². The molecule has 6 heteroatoms. The third-order valence-corrected chi connectivity index (χ3v) is 4.26. The number of carbonyl (C=O) groups excluding carboxylic acids is 1. The Morgan fingerprint density at radius 1 is 1.45 bits per heavy atom. The second kappa shape index (κ2) is 6.50. The highest BCUT2D eigenvalue weighted by atomic mass is 35.5. The second-order valence-corrected chi connectivity index (χ2v) is 5.95. The summed E-state index contributed by atoms with van der Waals surface area (Å²) in [5.74, 6) is 0.0814. The summed E-state index contributed by atoms with van der Waals surface area (Å²) in [5, 5.41) is 11.1. The first-order chi connectivity index (χ1) is 10.6. The SMILES string of the molecule is Cc1cc(CC(=O)N2CCNCC2c2ccccc2Cl)n[nH]1. The van der Waals surface area contributed by atoms with Crippen LogP contribution in [0.2, 0.25) is 5.02 Å². The summed E-state index contributed by atoms with van der Waals surface area (Å²) in [5.41, 5.74) is 2.73. The number of carbonyl (C=O) groups is 1. The third-order valence-electron chi connectivity index (χ3n) is 3.92. The predicted molar refractivity (Wildman–Crippen MR) is 85.8 cm³/mol. The normalized spacial score (nSPS) is 18.5. The number of hydrogen-bond acceptors (Lipinski definition) is 3. The van der Waals surface area contributed by atoms with Crippen molar-refractivity contribution in [2.75, 3.05) is 19.6 Å². The van der Waals surface area contributed by atoms with Crippen LogP contribution in [-0.4, -0.2) is 40.6 Å². The van der Waals surface area contributed by atoms with Crippen LogP contribution in [0.4, 0.5) is 0 Å². The molecule has 116 valence electrons. The Balaban J connectivity index is 1.80. The molecule has 3 rings (SSSR count). The average Bonchev–Trinajstić information content (AvgIpc) is 2.93. The molecule has 1 saturated heterocycles. The molecule has 1 atom stereocenters. The molecular weight excluding hydrogens is 300 g/mol. The van der Waals surface area contributed by atoms with Crippen molar-refractivity contribution in [3.05, 3.63) is 52.3 Å². The fraction of sp³-hybridized carbons (Fsp3) is 0.375. The molecule has 1 aliphatic rings. The number of H-pyrrole nitrogens is 1. The van der Waals surface area contributed by atoms with Crippen molar-refractivity contribution in [3.8, 4) is 0 Å². The Hall–Kier alpha value is -1.85. The number of benzene rings is 1. The quantitative estimate of drug-likeness (QED) is 0.911. The van der Waals surface area contributed by atoms with Crippen LogP contribution in [0.3, 0.4) is 0 Å². The zero-order valence-corrected chi connectivity index (χ0v) is 13.2. The maximum absolute atomic E-state index is 12.7. The topological polar surface area (TPSA) is 61.0 Å². The number of piperazine rings is 1. The first-order valence-corrected chi connectivity index (χ1v) is 7.78. The van der Waals surface area contributed by atoms with Crippen LogP contribution in [0.15, 0.2) is 30.3 Å². The van der Waals surface area contributed by atoms with Gasteiger partial charge in [-0.2, -0.15) is 5.10 Å². The van der Waals surface area contributed by atoms with Crippen molar-refractivity contribution < 1.29 is 4.79 Å². The van der Waals surface area contributed by atoms with E-state index in [9.17, 15) is 4.79 Å². The molecule has 1 unspecified atom stereocenters. The van der Waals surface area contributed by atoms with Gasteiger partial charge in [-0.1, -0.05) is 29.8 Å². The van der Waals surface area contributed by atoms with Gasteiger partial charge in [0.2, 0.25) is 5.91 Å². The van der Waals surface area contributed by atoms with Gasteiger partial charge in [0.05, 0.1) is 18.2 Å². The highest BCUT2D eigenvalue weighted by Gasteiger charge is 2.29. The van der Waals surface area contributed by atoms with Crippen molar-refractivity contribution in [2.24, 2.45) is 0 Å². The molecule has 22 heavy (non-hydrogen) atoms. The molecule has 2 N–H and O–H groups in total. The fourth-order valence-corrected chi connectivity index (χ4v) is 3.11. The van der Waals surface area contributed by atoms with Crippen molar-refractivity contribution >= 4 is 17.5 Å². The number of nitrogens with one attached hydrogen (secondary N) is 2. The predicted octanol–water partition coefficient (Wildman–Crippen LogP) is 2.09. The number of hydrogen-bond donors (Lipinski definition) is 2. The van der Waals surface area contributed by atoms with Gasteiger partial charge in [-0.3, -0.25) is 9.89 Å². The first-order valence-electron chi connectivity index (χ1n) is 7.40. The van der Waals surface area contributed by atoms with Crippen LogP contribution in [0.1, 0.15) is 23.0 Å². The maximum Gasteiger partial charge on any atom is 0.229 e. The Labute approximate surface area is 134 Å². The minimum atomic E-state index is -0.0324. The lowest BCUT2D eigenvalue weighted by molar-refractivity contribution is -0.133. The van der Waals surface area contributed by atoms with Gasteiger partial charge < -0.3 is 10.2 Å². The first kappa shape index (κ1) is 15.1. The average molecular weight is 319 g/mol. The summed E-state index contributed by atoms with van der Waals surface area (Å²) in [6.07, 6.45) is 0.311. The number of aryl methyl sites for hydroxylation is 1. The largest absolute Gasteiger partial charge is 0.333 e. The molecule has 0 bridgehead atoms. The van der Waals surface area contributed by atoms with E-state index in [2.05, 4.69) is 15.5 Å². The smallest absolute Gasteiger partial charge is 0.229 e. The van der Waals surface area contributed by atoms with Crippen LogP contribution < -0.4 is 5.32 Å². The summed E-state index contributed by atoms with van der Waals surface area (Å²) < 4.78 is 0. The van der Waals surface area contributed by atoms with Gasteiger partial charge in [0.1, 0.15) is 0 Å². The molecule has 2 heterocycles. The molecule has 0 spiro atoms. The van der Waals surface area contributed by atoms with Crippen LogP contribution >= 0.6 is 11.6 Å². The minimum absolute atomic E-state index is 0.0324. The Kier molecular flexibility index (Phi) is 4.45. The Bertz CT molecular complexity index is 670. The zero-order valence-electron chi connectivity index (χ0n) is 12.5. The van der Waals surface area contributed by atoms with Crippen LogP contribution in [-0.2, 0) is 11.2 Å². The summed E-state index contributed by atoms with van der Waals surface area (Å²) in [6, 6.07) is 9.58. The minimum Gasteiger partial charge on any atom is -0.333 e. The van der Waals surface area contributed by atoms with E-state index in [4.69, 9.17) is 11.6 Å². The molecule has 1 amide bonds. The number of aromatic amines is 1. The van der Waals surface area contributed by atoms with Gasteiger partial charge in [-0.25, -0.2) is 0 Å². The molecular formula is C16H19ClN4O. The van der Waals surface area contributed by atoms with Crippen LogP contribution in [0.5, 0.6) is 0 Å². The van der Waals surface area contributed by atoms with Crippen molar-refractivity contribution in [3.63, 3.8) is 0 Å². The highest BCUT2D eigenvalue weighted by Crippen LogP contribution is 2.28. The highest BCUT2D eigenvalue weighted by molar-refractivity contribution is 6.31. The van der Waals surface area contributed by atoms with Gasteiger partial charge in [0.25, 0.3) is 0 Å². The summed E-state index contributed by atoms with van der Waals surface area (Å²) >= 11 is 6.31. The van der Waals surface area contributed by atoms with Crippen LogP contribution in [0, 0.1) is 6.92 Å². The maximum atomic E-state index is 12.7. The Morgan fingerprint density at radius 2 is 2.27 bits per heavy atom. The third kappa shape index (κ3) is 3.15. The van der Waals surface area contributed by atoms with E-state index < -0.39 is 0 Å². The van der Waals surface area contributed by atoms with E-state index in [1.54, 1.807) is 0 Å². The van der Waals surface area contributed by atoms with E-state index in [1.165, 1.54) is 0 Å². The molecule has 1 aromatic heterocycles. The van der Waals surface area contributed by atoms with E-state index in [0.717, 1.165) is 30.0 Å². The number of amides is 1. The molecule has 1 aliphatic heterocycles. The van der Waals surface area contributed by atoms with Crippen molar-refractivity contribution in [2.45, 2.75) is 19.4 Å². The van der Waals surface area contributed by atoms with E-state index >= 15 is 0 Å².